The molecule has 0 saturated carbocycles. The van der Waals surface area contributed by atoms with E-state index in [4.69, 9.17) is 18.9 Å². The fourth-order valence-corrected chi connectivity index (χ4v) is 3.46. The summed E-state index contributed by atoms with van der Waals surface area (Å²) in [4.78, 5) is 11.3. The number of aldehydes is 1. The minimum absolute atomic E-state index is 0.357. The van der Waals surface area contributed by atoms with Crippen molar-refractivity contribution in [2.24, 2.45) is 0 Å². The molecule has 0 N–H and O–H groups in total. The summed E-state index contributed by atoms with van der Waals surface area (Å²) in [5, 5.41) is 0. The van der Waals surface area contributed by atoms with Gasteiger partial charge in [-0.25, -0.2) is 0 Å². The van der Waals surface area contributed by atoms with E-state index < -0.39 is 5.60 Å². The van der Waals surface area contributed by atoms with Crippen LogP contribution in [0.4, 0.5) is 0 Å². The zero-order valence-electron chi connectivity index (χ0n) is 17.7. The van der Waals surface area contributed by atoms with Crippen LogP contribution >= 0.6 is 0 Å². The number of unbranched alkanes of at least 4 members (excludes halogenated alkanes) is 3. The SMILES string of the molecule is CCOc1ccc(CC2(OCCCCCCOCOC)C=CC=C(C=O)C2)cc1. The summed E-state index contributed by atoms with van der Waals surface area (Å²) in [6.07, 6.45) is 12.4. The van der Waals surface area contributed by atoms with Gasteiger partial charge >= 0.3 is 0 Å². The Morgan fingerprint density at radius 3 is 2.52 bits per heavy atom. The normalized spacial score (nSPS) is 18.5. The molecule has 0 spiro atoms. The van der Waals surface area contributed by atoms with Crippen molar-refractivity contribution < 1.29 is 23.7 Å². The Kier molecular flexibility index (Phi) is 10.7. The zero-order chi connectivity index (χ0) is 20.8. The van der Waals surface area contributed by atoms with Crippen molar-refractivity contribution in [1.82, 2.24) is 0 Å². The van der Waals surface area contributed by atoms with Crippen molar-refractivity contribution >= 4 is 6.29 Å². The maximum Gasteiger partial charge on any atom is 0.146 e. The largest absolute Gasteiger partial charge is 0.494 e. The van der Waals surface area contributed by atoms with E-state index >= 15 is 0 Å². The lowest BCUT2D eigenvalue weighted by molar-refractivity contribution is -0.105. The molecule has 0 aliphatic heterocycles. The Hall–Kier alpha value is -1.95. The molecule has 1 aliphatic carbocycles. The molecule has 1 aromatic carbocycles. The number of hydrogen-bond donors (Lipinski definition) is 0. The fraction of sp³-hybridized carbons (Fsp3) is 0.542. The molecule has 1 unspecified atom stereocenters. The first kappa shape index (κ1) is 23.3. The van der Waals surface area contributed by atoms with Crippen LogP contribution < -0.4 is 4.74 Å². The summed E-state index contributed by atoms with van der Waals surface area (Å²) in [5.41, 5.74) is 1.47. The van der Waals surface area contributed by atoms with Gasteiger partial charge in [-0.1, -0.05) is 43.2 Å². The van der Waals surface area contributed by atoms with E-state index in [1.807, 2.05) is 31.2 Å². The highest BCUT2D eigenvalue weighted by Crippen LogP contribution is 2.31. The minimum Gasteiger partial charge on any atom is -0.494 e. The third-order valence-electron chi connectivity index (χ3n) is 4.88. The first-order valence-corrected chi connectivity index (χ1v) is 10.5. The lowest BCUT2D eigenvalue weighted by Gasteiger charge is -2.33. The molecule has 2 rings (SSSR count). The molecule has 0 saturated heterocycles. The molecule has 1 atom stereocenters. The third kappa shape index (κ3) is 8.52. The van der Waals surface area contributed by atoms with Gasteiger partial charge in [0.2, 0.25) is 0 Å². The Morgan fingerprint density at radius 2 is 1.83 bits per heavy atom. The average molecular weight is 403 g/mol. The Labute approximate surface area is 174 Å². The summed E-state index contributed by atoms with van der Waals surface area (Å²) < 4.78 is 22.1. The van der Waals surface area contributed by atoms with Crippen LogP contribution in [0.3, 0.4) is 0 Å². The number of rotatable bonds is 15. The summed E-state index contributed by atoms with van der Waals surface area (Å²) in [6.45, 7) is 4.39. The summed E-state index contributed by atoms with van der Waals surface area (Å²) in [7, 11) is 1.63. The van der Waals surface area contributed by atoms with E-state index in [-0.39, 0.29) is 0 Å². The molecule has 29 heavy (non-hydrogen) atoms. The highest BCUT2D eigenvalue weighted by molar-refractivity contribution is 5.75. The first-order valence-electron chi connectivity index (χ1n) is 10.5. The zero-order valence-corrected chi connectivity index (χ0v) is 17.7. The maximum absolute atomic E-state index is 11.3. The molecule has 5 nitrogen and oxygen atoms in total. The number of allylic oxidation sites excluding steroid dienone is 2. The number of ether oxygens (including phenoxy) is 4. The Balaban J connectivity index is 1.86. The van der Waals surface area contributed by atoms with E-state index in [9.17, 15) is 4.79 Å². The van der Waals surface area contributed by atoms with Gasteiger partial charge in [-0.2, -0.15) is 0 Å². The molecule has 0 amide bonds. The monoisotopic (exact) mass is 402 g/mol. The van der Waals surface area contributed by atoms with Crippen LogP contribution in [0, 0.1) is 0 Å². The van der Waals surface area contributed by atoms with E-state index in [1.54, 1.807) is 7.11 Å². The van der Waals surface area contributed by atoms with Crippen LogP contribution in [0.15, 0.2) is 48.1 Å². The van der Waals surface area contributed by atoms with Gasteiger partial charge in [-0.05, 0) is 43.0 Å². The molecule has 0 radical (unpaired) electrons. The number of carbonyl (C=O) groups excluding carboxylic acids is 1. The molecule has 5 heteroatoms. The predicted octanol–water partition coefficient (Wildman–Crippen LogP) is 4.65. The predicted molar refractivity (Wildman–Crippen MR) is 114 cm³/mol. The van der Waals surface area contributed by atoms with Gasteiger partial charge in [0, 0.05) is 33.2 Å². The van der Waals surface area contributed by atoms with Crippen LogP contribution in [0.1, 0.15) is 44.6 Å². The number of carbonyl (C=O) groups is 1. The minimum atomic E-state index is -0.473. The second kappa shape index (κ2) is 13.3. The van der Waals surface area contributed by atoms with E-state index in [1.165, 1.54) is 5.56 Å². The standard InChI is InChI=1S/C24H34O5/c1-3-28-23-12-10-21(11-13-23)17-24(14-8-9-22(18-24)19-25)29-16-7-5-4-6-15-27-20-26-2/h8-14,19H,3-7,15-18,20H2,1-2H3. The molecule has 0 aromatic heterocycles. The highest BCUT2D eigenvalue weighted by Gasteiger charge is 2.31. The van der Waals surface area contributed by atoms with E-state index in [0.717, 1.165) is 56.3 Å². The molecule has 0 bridgehead atoms. The summed E-state index contributed by atoms with van der Waals surface area (Å²) in [6, 6.07) is 8.12. The lowest BCUT2D eigenvalue weighted by Crippen LogP contribution is -2.35. The van der Waals surface area contributed by atoms with Gasteiger partial charge in [0.25, 0.3) is 0 Å². The maximum atomic E-state index is 11.3. The van der Waals surface area contributed by atoms with E-state index in [2.05, 4.69) is 18.2 Å². The average Bonchev–Trinajstić information content (AvgIpc) is 2.74. The Morgan fingerprint density at radius 1 is 1.07 bits per heavy atom. The van der Waals surface area contributed by atoms with Crippen LogP contribution in [-0.2, 0) is 25.4 Å². The van der Waals surface area contributed by atoms with Gasteiger partial charge in [-0.15, -0.1) is 0 Å². The van der Waals surface area contributed by atoms with Crippen molar-refractivity contribution in [2.75, 3.05) is 33.7 Å². The molecular weight excluding hydrogens is 368 g/mol. The quantitative estimate of drug-likeness (QED) is 0.243. The van der Waals surface area contributed by atoms with Crippen molar-refractivity contribution in [3.63, 3.8) is 0 Å². The van der Waals surface area contributed by atoms with Crippen molar-refractivity contribution in [3.8, 4) is 5.75 Å². The van der Waals surface area contributed by atoms with Crippen LogP contribution in [0.2, 0.25) is 0 Å². The highest BCUT2D eigenvalue weighted by atomic mass is 16.7. The number of hydrogen-bond acceptors (Lipinski definition) is 5. The van der Waals surface area contributed by atoms with Crippen LogP contribution in [0.25, 0.3) is 0 Å². The van der Waals surface area contributed by atoms with Gasteiger partial charge in [0.1, 0.15) is 18.8 Å². The Bertz CT molecular complexity index is 650. The van der Waals surface area contributed by atoms with Crippen LogP contribution in [-0.4, -0.2) is 45.6 Å². The molecule has 1 aromatic rings. The van der Waals surface area contributed by atoms with Gasteiger partial charge in [0.15, 0.2) is 0 Å². The van der Waals surface area contributed by atoms with E-state index in [0.29, 0.717) is 26.4 Å². The third-order valence-corrected chi connectivity index (χ3v) is 4.88. The summed E-state index contributed by atoms with van der Waals surface area (Å²) >= 11 is 0. The molecule has 160 valence electrons. The topological polar surface area (TPSA) is 54.0 Å². The second-order valence-electron chi connectivity index (χ2n) is 7.29. The van der Waals surface area contributed by atoms with Crippen molar-refractivity contribution in [1.29, 1.82) is 0 Å². The lowest BCUT2D eigenvalue weighted by atomic mass is 9.84. The smallest absolute Gasteiger partial charge is 0.146 e. The number of methoxy groups -OCH3 is 1. The van der Waals surface area contributed by atoms with Gasteiger partial charge in [0.05, 0.1) is 12.2 Å². The number of benzene rings is 1. The van der Waals surface area contributed by atoms with Crippen molar-refractivity contribution in [2.45, 2.75) is 51.0 Å². The second-order valence-corrected chi connectivity index (χ2v) is 7.29. The van der Waals surface area contributed by atoms with Gasteiger partial charge in [-0.3, -0.25) is 4.79 Å². The van der Waals surface area contributed by atoms with Gasteiger partial charge < -0.3 is 18.9 Å². The van der Waals surface area contributed by atoms with Crippen molar-refractivity contribution in [3.05, 3.63) is 53.6 Å². The fourth-order valence-electron chi connectivity index (χ4n) is 3.46. The molecule has 0 fully saturated rings. The van der Waals surface area contributed by atoms with Crippen LogP contribution in [0.5, 0.6) is 5.75 Å². The first-order chi connectivity index (χ1) is 14.2. The molecule has 0 heterocycles. The molecular formula is C24H34O5. The summed E-state index contributed by atoms with van der Waals surface area (Å²) in [5.74, 6) is 0.869. The molecule has 1 aliphatic rings.